The Kier molecular flexibility index (Phi) is 1.39. The van der Waals surface area contributed by atoms with E-state index in [-0.39, 0.29) is 17.9 Å². The van der Waals surface area contributed by atoms with E-state index in [4.69, 9.17) is 4.11 Å². The molecule has 0 aliphatic carbocycles. The third kappa shape index (κ3) is 1.98. The summed E-state index contributed by atoms with van der Waals surface area (Å²) >= 11 is 0. The molecule has 1 fully saturated rings. The van der Waals surface area contributed by atoms with Gasteiger partial charge in [0.1, 0.15) is 0 Å². The summed E-state index contributed by atoms with van der Waals surface area (Å²) in [4.78, 5) is 0. The van der Waals surface area contributed by atoms with Crippen molar-refractivity contribution in [1.82, 2.24) is 5.32 Å². The molecule has 1 rings (SSSR count). The molecule has 4 atom stereocenters. The zero-order chi connectivity index (χ0) is 10.2. The molecule has 0 saturated carbocycles. The molecule has 1 aliphatic heterocycles. The molecular formula is C9H19N. The fraction of sp³-hybridized carbons (Fsp3) is 1.00. The molecule has 10 heavy (non-hydrogen) atoms. The number of piperidine rings is 1. The third-order valence-corrected chi connectivity index (χ3v) is 2.03. The lowest BCUT2D eigenvalue weighted by atomic mass is 9.76. The number of rotatable bonds is 0. The Morgan fingerprint density at radius 3 is 2.70 bits per heavy atom. The second kappa shape index (κ2) is 2.91. The van der Waals surface area contributed by atoms with Crippen LogP contribution in [0.1, 0.15) is 37.7 Å². The highest BCUT2D eigenvalue weighted by Gasteiger charge is 2.25. The van der Waals surface area contributed by atoms with E-state index in [9.17, 15) is 0 Å². The fourth-order valence-electron chi connectivity index (χ4n) is 1.16. The van der Waals surface area contributed by atoms with E-state index in [0.717, 1.165) is 0 Å². The summed E-state index contributed by atoms with van der Waals surface area (Å²) in [6.07, 6.45) is 0.286. The first kappa shape index (κ1) is 4.76. The monoisotopic (exact) mass is 144 g/mol. The molecule has 1 aliphatic rings. The molecule has 0 spiro atoms. The predicted octanol–water partition coefficient (Wildman–Crippen LogP) is 2.03. The van der Waals surface area contributed by atoms with E-state index in [0.29, 0.717) is 6.42 Å². The highest BCUT2D eigenvalue weighted by molar-refractivity contribution is 4.78. The van der Waals surface area contributed by atoms with Gasteiger partial charge in [0.15, 0.2) is 0 Å². The van der Waals surface area contributed by atoms with Crippen molar-refractivity contribution in [3.63, 3.8) is 0 Å². The van der Waals surface area contributed by atoms with Crippen LogP contribution in [0.3, 0.4) is 0 Å². The fourth-order valence-corrected chi connectivity index (χ4v) is 1.16. The van der Waals surface area contributed by atoms with Crippen molar-refractivity contribution in [2.45, 2.75) is 33.6 Å². The smallest absolute Gasteiger partial charge is 0.0428 e. The van der Waals surface area contributed by atoms with Gasteiger partial charge in [-0.15, -0.1) is 0 Å². The Labute approximate surface area is 68.4 Å². The Bertz CT molecular complexity index is 178. The Hall–Kier alpha value is -0.0400. The topological polar surface area (TPSA) is 12.0 Å². The highest BCUT2D eigenvalue weighted by Crippen LogP contribution is 2.32. The zero-order valence-corrected chi connectivity index (χ0v) is 7.02. The largest absolute Gasteiger partial charge is 0.317 e. The van der Waals surface area contributed by atoms with Gasteiger partial charge in [0.05, 0.1) is 0 Å². The quantitative estimate of drug-likeness (QED) is 0.548. The minimum absolute atomic E-state index is 0.0348. The van der Waals surface area contributed by atoms with Gasteiger partial charge in [-0.25, -0.2) is 0 Å². The molecular weight excluding hydrogens is 122 g/mol. The van der Waals surface area contributed by atoms with E-state index in [2.05, 4.69) is 26.1 Å². The summed E-state index contributed by atoms with van der Waals surface area (Å²) < 4.78 is 23.0. The minimum atomic E-state index is -0.597. The van der Waals surface area contributed by atoms with Gasteiger partial charge in [0.25, 0.3) is 0 Å². The average molecular weight is 144 g/mol. The molecule has 1 nitrogen and oxygen atoms in total. The molecule has 0 aromatic carbocycles. The first-order chi connectivity index (χ1) is 5.82. The van der Waals surface area contributed by atoms with Crippen LogP contribution in [0.2, 0.25) is 0 Å². The van der Waals surface area contributed by atoms with E-state index >= 15 is 0 Å². The SMILES string of the molecule is [2H]C1CC(C(C)(C)C)C([2H])C([2H])N1. The van der Waals surface area contributed by atoms with Crippen LogP contribution < -0.4 is 5.32 Å². The first-order valence-corrected chi connectivity index (χ1v) is 3.85. The van der Waals surface area contributed by atoms with Crippen LogP contribution >= 0.6 is 0 Å². The average Bonchev–Trinajstić information content (AvgIpc) is 1.94. The van der Waals surface area contributed by atoms with E-state index in [1.54, 1.807) is 0 Å². The van der Waals surface area contributed by atoms with Crippen molar-refractivity contribution < 1.29 is 4.11 Å². The van der Waals surface area contributed by atoms with Crippen LogP contribution in [0.4, 0.5) is 0 Å². The molecule has 1 saturated heterocycles. The van der Waals surface area contributed by atoms with E-state index < -0.39 is 12.9 Å². The Morgan fingerprint density at radius 1 is 1.40 bits per heavy atom. The second-order valence-electron chi connectivity index (χ2n) is 3.94. The van der Waals surface area contributed by atoms with Crippen molar-refractivity contribution >= 4 is 0 Å². The van der Waals surface area contributed by atoms with Crippen LogP contribution in [0.25, 0.3) is 0 Å². The summed E-state index contributed by atoms with van der Waals surface area (Å²) in [5.74, 6) is 0.152. The maximum Gasteiger partial charge on any atom is 0.0428 e. The second-order valence-corrected chi connectivity index (χ2v) is 3.94. The van der Waals surface area contributed by atoms with Crippen molar-refractivity contribution in [2.24, 2.45) is 11.3 Å². The summed E-state index contributed by atoms with van der Waals surface area (Å²) in [6, 6.07) is 0. The van der Waals surface area contributed by atoms with E-state index in [1.165, 1.54) is 0 Å². The van der Waals surface area contributed by atoms with Gasteiger partial charge in [-0.05, 0) is 37.2 Å². The molecule has 0 aromatic heterocycles. The molecule has 0 bridgehead atoms. The molecule has 1 heteroatoms. The summed E-state index contributed by atoms with van der Waals surface area (Å²) in [7, 11) is 0. The van der Waals surface area contributed by atoms with E-state index in [1.807, 2.05) is 0 Å². The van der Waals surface area contributed by atoms with Gasteiger partial charge >= 0.3 is 0 Å². The molecule has 4 unspecified atom stereocenters. The lowest BCUT2D eigenvalue weighted by molar-refractivity contribution is 0.188. The molecule has 1 N–H and O–H groups in total. The molecule has 0 amide bonds. The van der Waals surface area contributed by atoms with Crippen LogP contribution in [0, 0.1) is 11.3 Å². The number of hydrogen-bond donors (Lipinski definition) is 1. The third-order valence-electron chi connectivity index (χ3n) is 2.03. The normalized spacial score (nSPS) is 54.9. The first-order valence-electron chi connectivity index (χ1n) is 5.58. The maximum absolute atomic E-state index is 7.85. The van der Waals surface area contributed by atoms with Gasteiger partial charge in [0, 0.05) is 4.11 Å². The highest BCUT2D eigenvalue weighted by atomic mass is 14.9. The lowest BCUT2D eigenvalue weighted by Crippen LogP contribution is -2.34. The van der Waals surface area contributed by atoms with Crippen molar-refractivity contribution in [3.05, 3.63) is 0 Å². The van der Waals surface area contributed by atoms with Crippen LogP contribution in [-0.2, 0) is 0 Å². The van der Waals surface area contributed by atoms with Crippen molar-refractivity contribution in [1.29, 1.82) is 0 Å². The standard InChI is InChI=1S/C9H19N/c1-9(2,3)8-4-6-10-7-5-8/h8,10H,4-7H2,1-3H3/i4D,6D,7D. The van der Waals surface area contributed by atoms with Gasteiger partial charge in [-0.1, -0.05) is 20.8 Å². The Morgan fingerprint density at radius 2 is 2.10 bits per heavy atom. The van der Waals surface area contributed by atoms with Gasteiger partial charge in [-0.2, -0.15) is 0 Å². The molecule has 0 aromatic rings. The van der Waals surface area contributed by atoms with Gasteiger partial charge in [-0.3, -0.25) is 0 Å². The zero-order valence-electron chi connectivity index (χ0n) is 10.0. The maximum atomic E-state index is 7.85. The molecule has 0 radical (unpaired) electrons. The van der Waals surface area contributed by atoms with Gasteiger partial charge in [0.2, 0.25) is 0 Å². The van der Waals surface area contributed by atoms with Crippen LogP contribution in [0.15, 0.2) is 0 Å². The lowest BCUT2D eigenvalue weighted by Gasteiger charge is -2.34. The van der Waals surface area contributed by atoms with Gasteiger partial charge < -0.3 is 5.32 Å². The summed E-state index contributed by atoms with van der Waals surface area (Å²) in [5, 5.41) is 2.78. The molecule has 60 valence electrons. The summed E-state index contributed by atoms with van der Waals surface area (Å²) in [6.45, 7) is 5.30. The predicted molar refractivity (Wildman–Crippen MR) is 45.0 cm³/mol. The molecule has 1 heterocycles. The summed E-state index contributed by atoms with van der Waals surface area (Å²) in [5.41, 5.74) is 0.0348. The number of nitrogens with one attached hydrogen (secondary N) is 1. The minimum Gasteiger partial charge on any atom is -0.317 e. The van der Waals surface area contributed by atoms with Crippen LogP contribution in [-0.4, -0.2) is 13.0 Å². The van der Waals surface area contributed by atoms with Crippen molar-refractivity contribution in [2.75, 3.05) is 13.0 Å². The van der Waals surface area contributed by atoms with Crippen LogP contribution in [0.5, 0.6) is 0 Å². The van der Waals surface area contributed by atoms with Crippen molar-refractivity contribution in [3.8, 4) is 0 Å². The number of hydrogen-bond acceptors (Lipinski definition) is 1. The Balaban J connectivity index is 2.72.